The van der Waals surface area contributed by atoms with E-state index < -0.39 is 0 Å². The van der Waals surface area contributed by atoms with Crippen molar-refractivity contribution < 1.29 is 4.74 Å². The van der Waals surface area contributed by atoms with E-state index in [0.717, 1.165) is 23.1 Å². The molecule has 0 aliphatic carbocycles. The number of ether oxygens (including phenoxy) is 1. The standard InChI is InChI=1S/C14H18N4O/c1-18(11-4-3-5-12(10-11)19-2)14-7-9-16-13(17-14)6-8-15/h3-5,7,9-10H,6,8,15H2,1-2H3. The van der Waals surface area contributed by atoms with Gasteiger partial charge < -0.3 is 15.4 Å². The molecule has 2 rings (SSSR count). The van der Waals surface area contributed by atoms with Crippen LogP contribution in [0.3, 0.4) is 0 Å². The minimum absolute atomic E-state index is 0.548. The molecule has 5 heteroatoms. The minimum atomic E-state index is 0.548. The van der Waals surface area contributed by atoms with Crippen LogP contribution in [0, 0.1) is 0 Å². The summed E-state index contributed by atoms with van der Waals surface area (Å²) in [6.07, 6.45) is 2.43. The van der Waals surface area contributed by atoms with Crippen LogP contribution >= 0.6 is 0 Å². The molecule has 0 unspecified atom stereocenters. The van der Waals surface area contributed by atoms with E-state index in [1.54, 1.807) is 13.3 Å². The van der Waals surface area contributed by atoms with Gasteiger partial charge in [0.05, 0.1) is 7.11 Å². The zero-order valence-electron chi connectivity index (χ0n) is 11.2. The van der Waals surface area contributed by atoms with Gasteiger partial charge in [-0.05, 0) is 24.7 Å². The number of nitrogens with zero attached hydrogens (tertiary/aromatic N) is 3. The van der Waals surface area contributed by atoms with Gasteiger partial charge in [0.15, 0.2) is 0 Å². The number of anilines is 2. The Labute approximate surface area is 113 Å². The molecule has 0 aliphatic heterocycles. The molecule has 1 aromatic carbocycles. The van der Waals surface area contributed by atoms with E-state index in [1.165, 1.54) is 0 Å². The Balaban J connectivity index is 2.27. The van der Waals surface area contributed by atoms with Crippen LogP contribution < -0.4 is 15.4 Å². The van der Waals surface area contributed by atoms with Crippen LogP contribution in [0.2, 0.25) is 0 Å². The topological polar surface area (TPSA) is 64.3 Å². The third kappa shape index (κ3) is 3.20. The lowest BCUT2D eigenvalue weighted by atomic mass is 10.2. The van der Waals surface area contributed by atoms with Crippen molar-refractivity contribution in [2.45, 2.75) is 6.42 Å². The Morgan fingerprint density at radius 3 is 2.89 bits per heavy atom. The summed E-state index contributed by atoms with van der Waals surface area (Å²) in [5, 5.41) is 0. The van der Waals surface area contributed by atoms with Gasteiger partial charge in [-0.25, -0.2) is 9.97 Å². The van der Waals surface area contributed by atoms with Crippen molar-refractivity contribution in [3.63, 3.8) is 0 Å². The Bertz CT molecular complexity index is 544. The average Bonchev–Trinajstić information content (AvgIpc) is 2.47. The molecule has 0 fully saturated rings. The molecule has 0 atom stereocenters. The summed E-state index contributed by atoms with van der Waals surface area (Å²) in [6.45, 7) is 0.548. The summed E-state index contributed by atoms with van der Waals surface area (Å²) in [6, 6.07) is 9.71. The normalized spacial score (nSPS) is 10.3. The maximum absolute atomic E-state index is 5.53. The molecule has 0 radical (unpaired) electrons. The van der Waals surface area contributed by atoms with Crippen molar-refractivity contribution in [3.8, 4) is 5.75 Å². The van der Waals surface area contributed by atoms with Crippen molar-refractivity contribution in [3.05, 3.63) is 42.4 Å². The number of hydrogen-bond donors (Lipinski definition) is 1. The Morgan fingerprint density at radius 1 is 1.32 bits per heavy atom. The second-order valence-corrected chi connectivity index (χ2v) is 4.13. The quantitative estimate of drug-likeness (QED) is 0.885. The molecule has 0 aliphatic rings. The van der Waals surface area contributed by atoms with E-state index in [4.69, 9.17) is 10.5 Å². The van der Waals surface area contributed by atoms with Gasteiger partial charge in [-0.1, -0.05) is 6.07 Å². The zero-order chi connectivity index (χ0) is 13.7. The SMILES string of the molecule is COc1cccc(N(C)c2ccnc(CCN)n2)c1. The van der Waals surface area contributed by atoms with Crippen LogP contribution in [0.4, 0.5) is 11.5 Å². The van der Waals surface area contributed by atoms with Gasteiger partial charge in [-0.2, -0.15) is 0 Å². The molecule has 100 valence electrons. The van der Waals surface area contributed by atoms with Gasteiger partial charge in [0.1, 0.15) is 17.4 Å². The lowest BCUT2D eigenvalue weighted by Gasteiger charge is -2.19. The van der Waals surface area contributed by atoms with Gasteiger partial charge in [0.2, 0.25) is 0 Å². The molecule has 19 heavy (non-hydrogen) atoms. The maximum Gasteiger partial charge on any atom is 0.136 e. The molecule has 5 nitrogen and oxygen atoms in total. The Kier molecular flexibility index (Phi) is 4.30. The van der Waals surface area contributed by atoms with E-state index in [1.807, 2.05) is 42.3 Å². The van der Waals surface area contributed by atoms with Crippen LogP contribution in [0.15, 0.2) is 36.5 Å². The number of aromatic nitrogens is 2. The first-order valence-corrected chi connectivity index (χ1v) is 6.14. The highest BCUT2D eigenvalue weighted by atomic mass is 16.5. The number of rotatable bonds is 5. The number of hydrogen-bond acceptors (Lipinski definition) is 5. The van der Waals surface area contributed by atoms with Crippen LogP contribution in [-0.4, -0.2) is 30.7 Å². The van der Waals surface area contributed by atoms with Crippen molar-refractivity contribution in [1.29, 1.82) is 0 Å². The van der Waals surface area contributed by atoms with Gasteiger partial charge in [-0.15, -0.1) is 0 Å². The molecule has 2 aromatic rings. The number of nitrogens with two attached hydrogens (primary N) is 1. The number of benzene rings is 1. The third-order valence-corrected chi connectivity index (χ3v) is 2.84. The van der Waals surface area contributed by atoms with E-state index >= 15 is 0 Å². The van der Waals surface area contributed by atoms with Crippen molar-refractivity contribution >= 4 is 11.5 Å². The van der Waals surface area contributed by atoms with Crippen molar-refractivity contribution in [2.24, 2.45) is 5.73 Å². The first-order chi connectivity index (χ1) is 9.24. The fourth-order valence-electron chi connectivity index (χ4n) is 1.78. The first-order valence-electron chi connectivity index (χ1n) is 6.14. The molecule has 0 bridgehead atoms. The van der Waals surface area contributed by atoms with Gasteiger partial charge in [0, 0.05) is 31.4 Å². The molecule has 1 aromatic heterocycles. The van der Waals surface area contributed by atoms with E-state index in [9.17, 15) is 0 Å². The van der Waals surface area contributed by atoms with Crippen molar-refractivity contribution in [2.75, 3.05) is 25.6 Å². The van der Waals surface area contributed by atoms with E-state index in [2.05, 4.69) is 9.97 Å². The highest BCUT2D eigenvalue weighted by molar-refractivity contribution is 5.60. The van der Waals surface area contributed by atoms with Gasteiger partial charge in [-0.3, -0.25) is 0 Å². The number of methoxy groups -OCH3 is 1. The fraction of sp³-hybridized carbons (Fsp3) is 0.286. The molecule has 0 saturated carbocycles. The van der Waals surface area contributed by atoms with Crippen LogP contribution in [0.25, 0.3) is 0 Å². The monoisotopic (exact) mass is 258 g/mol. The summed E-state index contributed by atoms with van der Waals surface area (Å²) in [7, 11) is 3.62. The second kappa shape index (κ2) is 6.15. The zero-order valence-corrected chi connectivity index (χ0v) is 11.2. The largest absolute Gasteiger partial charge is 0.497 e. The maximum atomic E-state index is 5.53. The summed E-state index contributed by atoms with van der Waals surface area (Å²) in [5.74, 6) is 2.42. The highest BCUT2D eigenvalue weighted by Gasteiger charge is 2.07. The summed E-state index contributed by atoms with van der Waals surface area (Å²) < 4.78 is 5.23. The average molecular weight is 258 g/mol. The lowest BCUT2D eigenvalue weighted by Crippen LogP contribution is -2.14. The smallest absolute Gasteiger partial charge is 0.136 e. The predicted molar refractivity (Wildman–Crippen MR) is 75.8 cm³/mol. The lowest BCUT2D eigenvalue weighted by molar-refractivity contribution is 0.415. The molecule has 0 amide bonds. The third-order valence-electron chi connectivity index (χ3n) is 2.84. The van der Waals surface area contributed by atoms with E-state index in [-0.39, 0.29) is 0 Å². The van der Waals surface area contributed by atoms with Crippen LogP contribution in [0.1, 0.15) is 5.82 Å². The van der Waals surface area contributed by atoms with Gasteiger partial charge in [0.25, 0.3) is 0 Å². The van der Waals surface area contributed by atoms with Crippen molar-refractivity contribution in [1.82, 2.24) is 9.97 Å². The second-order valence-electron chi connectivity index (χ2n) is 4.13. The molecule has 0 saturated heterocycles. The molecule has 2 N–H and O–H groups in total. The predicted octanol–water partition coefficient (Wildman–Crippen LogP) is 1.75. The van der Waals surface area contributed by atoms with Gasteiger partial charge >= 0.3 is 0 Å². The summed E-state index contributed by atoms with van der Waals surface area (Å²) in [4.78, 5) is 10.7. The van der Waals surface area contributed by atoms with Crippen LogP contribution in [0.5, 0.6) is 5.75 Å². The molecular formula is C14H18N4O. The first kappa shape index (κ1) is 13.3. The minimum Gasteiger partial charge on any atom is -0.497 e. The highest BCUT2D eigenvalue weighted by Crippen LogP contribution is 2.25. The Hall–Kier alpha value is -2.14. The van der Waals surface area contributed by atoms with Crippen LogP contribution in [-0.2, 0) is 6.42 Å². The summed E-state index contributed by atoms with van der Waals surface area (Å²) in [5.41, 5.74) is 6.54. The molecule has 0 spiro atoms. The summed E-state index contributed by atoms with van der Waals surface area (Å²) >= 11 is 0. The molecular weight excluding hydrogens is 240 g/mol. The fourth-order valence-corrected chi connectivity index (χ4v) is 1.78. The van der Waals surface area contributed by atoms with E-state index in [0.29, 0.717) is 13.0 Å². The Morgan fingerprint density at radius 2 is 2.16 bits per heavy atom. The molecule has 1 heterocycles.